The van der Waals surface area contributed by atoms with Gasteiger partial charge in [-0.05, 0) is 47.0 Å². The summed E-state index contributed by atoms with van der Waals surface area (Å²) in [6.07, 6.45) is -1.06. The molecule has 0 saturated heterocycles. The van der Waals surface area contributed by atoms with Gasteiger partial charge < -0.3 is 10.4 Å². The van der Waals surface area contributed by atoms with Crippen molar-refractivity contribution < 1.29 is 13.9 Å². The summed E-state index contributed by atoms with van der Waals surface area (Å²) in [6.45, 7) is 2.79. The average molecular weight is 283 g/mol. The number of rotatable bonds is 5. The average Bonchev–Trinajstić information content (AvgIpc) is 2.78. The highest BCUT2D eigenvalue weighted by atomic mass is 32.1. The minimum Gasteiger partial charge on any atom is -0.387 e. The molecule has 102 valence electrons. The number of aliphatic hydroxyl groups is 1. The zero-order valence-electron chi connectivity index (χ0n) is 10.5. The van der Waals surface area contributed by atoms with Crippen LogP contribution in [0, 0.1) is 18.6 Å². The predicted molar refractivity (Wildman–Crippen MR) is 72.1 cm³/mol. The summed E-state index contributed by atoms with van der Waals surface area (Å²) in [6, 6.07) is 3.09. The SMILES string of the molecule is Cc1cscc1CNCC(O)c1cc(F)ccc1F. The highest BCUT2D eigenvalue weighted by Gasteiger charge is 2.13. The number of aliphatic hydroxyl groups excluding tert-OH is 1. The molecule has 1 heterocycles. The van der Waals surface area contributed by atoms with Crippen molar-refractivity contribution in [3.63, 3.8) is 0 Å². The van der Waals surface area contributed by atoms with Crippen molar-refractivity contribution in [1.29, 1.82) is 0 Å². The van der Waals surface area contributed by atoms with Crippen LogP contribution >= 0.6 is 11.3 Å². The summed E-state index contributed by atoms with van der Waals surface area (Å²) < 4.78 is 26.4. The summed E-state index contributed by atoms with van der Waals surface area (Å²) in [4.78, 5) is 0. The first-order valence-corrected chi connectivity index (χ1v) is 6.87. The Kier molecular flexibility index (Phi) is 4.63. The van der Waals surface area contributed by atoms with Gasteiger partial charge in [0.2, 0.25) is 0 Å². The van der Waals surface area contributed by atoms with Crippen LogP contribution in [0.5, 0.6) is 0 Å². The van der Waals surface area contributed by atoms with E-state index in [0.717, 1.165) is 23.8 Å². The van der Waals surface area contributed by atoms with Crippen LogP contribution in [-0.4, -0.2) is 11.7 Å². The molecule has 1 unspecified atom stereocenters. The molecule has 19 heavy (non-hydrogen) atoms. The molecule has 0 spiro atoms. The Balaban J connectivity index is 1.92. The smallest absolute Gasteiger partial charge is 0.129 e. The Labute approximate surface area is 114 Å². The minimum atomic E-state index is -1.06. The van der Waals surface area contributed by atoms with Gasteiger partial charge >= 0.3 is 0 Å². The van der Waals surface area contributed by atoms with Crippen molar-refractivity contribution in [2.45, 2.75) is 19.6 Å². The lowest BCUT2D eigenvalue weighted by molar-refractivity contribution is 0.169. The molecule has 1 aromatic carbocycles. The third-order valence-electron chi connectivity index (χ3n) is 2.93. The second kappa shape index (κ2) is 6.23. The second-order valence-corrected chi connectivity index (χ2v) is 5.14. The van der Waals surface area contributed by atoms with Crippen LogP contribution in [0.2, 0.25) is 0 Å². The third kappa shape index (κ3) is 3.59. The molecule has 1 atom stereocenters. The molecule has 0 fully saturated rings. The monoisotopic (exact) mass is 283 g/mol. The highest BCUT2D eigenvalue weighted by Crippen LogP contribution is 2.18. The standard InChI is InChI=1S/C14H15F2NOS/c1-9-7-19-8-10(9)5-17-6-14(18)12-4-11(15)2-3-13(12)16/h2-4,7-8,14,17-18H,5-6H2,1H3. The first-order valence-electron chi connectivity index (χ1n) is 5.93. The van der Waals surface area contributed by atoms with Crippen LogP contribution < -0.4 is 5.32 Å². The third-order valence-corrected chi connectivity index (χ3v) is 3.84. The largest absolute Gasteiger partial charge is 0.387 e. The number of thiophene rings is 1. The first-order chi connectivity index (χ1) is 9.08. The number of benzene rings is 1. The van der Waals surface area contributed by atoms with Crippen molar-refractivity contribution in [2.24, 2.45) is 0 Å². The van der Waals surface area contributed by atoms with Gasteiger partial charge in [-0.1, -0.05) is 0 Å². The van der Waals surface area contributed by atoms with Gasteiger partial charge in [0, 0.05) is 18.7 Å². The maximum atomic E-state index is 13.4. The molecule has 0 saturated carbocycles. The zero-order valence-corrected chi connectivity index (χ0v) is 11.3. The fraction of sp³-hybridized carbons (Fsp3) is 0.286. The Morgan fingerprint density at radius 2 is 2.11 bits per heavy atom. The molecular weight excluding hydrogens is 268 g/mol. The van der Waals surface area contributed by atoms with Crippen LogP contribution in [0.3, 0.4) is 0 Å². The summed E-state index contributed by atoms with van der Waals surface area (Å²) in [7, 11) is 0. The van der Waals surface area contributed by atoms with E-state index < -0.39 is 17.7 Å². The lowest BCUT2D eigenvalue weighted by Crippen LogP contribution is -2.22. The van der Waals surface area contributed by atoms with Crippen molar-refractivity contribution in [1.82, 2.24) is 5.32 Å². The van der Waals surface area contributed by atoms with E-state index in [2.05, 4.69) is 5.32 Å². The molecule has 0 amide bonds. The molecule has 2 N–H and O–H groups in total. The molecule has 0 bridgehead atoms. The van der Waals surface area contributed by atoms with E-state index in [9.17, 15) is 13.9 Å². The molecule has 2 nitrogen and oxygen atoms in total. The van der Waals surface area contributed by atoms with Crippen LogP contribution in [0.1, 0.15) is 22.8 Å². The number of nitrogens with one attached hydrogen (secondary N) is 1. The van der Waals surface area contributed by atoms with Gasteiger partial charge in [0.05, 0.1) is 6.10 Å². The second-order valence-electron chi connectivity index (χ2n) is 4.39. The Hall–Kier alpha value is -1.30. The molecule has 0 radical (unpaired) electrons. The maximum Gasteiger partial charge on any atom is 0.129 e. The van der Waals surface area contributed by atoms with Crippen molar-refractivity contribution >= 4 is 11.3 Å². The number of halogens is 2. The highest BCUT2D eigenvalue weighted by molar-refractivity contribution is 7.08. The fourth-order valence-corrected chi connectivity index (χ4v) is 2.65. The van der Waals surface area contributed by atoms with Gasteiger partial charge in [0.1, 0.15) is 11.6 Å². The van der Waals surface area contributed by atoms with Crippen LogP contribution in [0.15, 0.2) is 29.0 Å². The summed E-state index contributed by atoms with van der Waals surface area (Å²) >= 11 is 1.61. The van der Waals surface area contributed by atoms with E-state index >= 15 is 0 Å². The van der Waals surface area contributed by atoms with Gasteiger partial charge in [-0.2, -0.15) is 11.3 Å². The summed E-state index contributed by atoms with van der Waals surface area (Å²) in [5, 5.41) is 17.0. The molecule has 1 aromatic heterocycles. The zero-order chi connectivity index (χ0) is 13.8. The lowest BCUT2D eigenvalue weighted by Gasteiger charge is -2.13. The summed E-state index contributed by atoms with van der Waals surface area (Å²) in [5.74, 6) is -1.15. The van der Waals surface area contributed by atoms with Crippen LogP contribution in [0.4, 0.5) is 8.78 Å². The van der Waals surface area contributed by atoms with Gasteiger partial charge in [-0.15, -0.1) is 0 Å². The number of hydrogen-bond acceptors (Lipinski definition) is 3. The Bertz CT molecular complexity index is 556. The van der Waals surface area contributed by atoms with E-state index in [1.54, 1.807) is 11.3 Å². The molecule has 0 aliphatic heterocycles. The van der Waals surface area contributed by atoms with Crippen LogP contribution in [0.25, 0.3) is 0 Å². The van der Waals surface area contributed by atoms with Gasteiger partial charge in [0.15, 0.2) is 0 Å². The van der Waals surface area contributed by atoms with E-state index in [1.807, 2.05) is 17.7 Å². The van der Waals surface area contributed by atoms with E-state index in [1.165, 1.54) is 5.56 Å². The molecule has 0 aliphatic rings. The maximum absolute atomic E-state index is 13.4. The number of aryl methyl sites for hydroxylation is 1. The molecular formula is C14H15F2NOS. The summed E-state index contributed by atoms with van der Waals surface area (Å²) in [5.41, 5.74) is 2.32. The molecule has 2 rings (SSSR count). The lowest BCUT2D eigenvalue weighted by atomic mass is 10.1. The van der Waals surface area contributed by atoms with Crippen molar-refractivity contribution in [2.75, 3.05) is 6.54 Å². The van der Waals surface area contributed by atoms with Gasteiger partial charge in [0.25, 0.3) is 0 Å². The quantitative estimate of drug-likeness (QED) is 0.883. The molecule has 2 aromatic rings. The first kappa shape index (κ1) is 14.1. The van der Waals surface area contributed by atoms with E-state index in [0.29, 0.717) is 6.54 Å². The molecule has 5 heteroatoms. The Morgan fingerprint density at radius 3 is 2.79 bits per heavy atom. The van der Waals surface area contributed by atoms with E-state index in [4.69, 9.17) is 0 Å². The molecule has 0 aliphatic carbocycles. The van der Waals surface area contributed by atoms with Gasteiger partial charge in [-0.25, -0.2) is 8.78 Å². The van der Waals surface area contributed by atoms with Crippen molar-refractivity contribution in [3.8, 4) is 0 Å². The van der Waals surface area contributed by atoms with Crippen LogP contribution in [-0.2, 0) is 6.54 Å². The number of hydrogen-bond donors (Lipinski definition) is 2. The van der Waals surface area contributed by atoms with Gasteiger partial charge in [-0.3, -0.25) is 0 Å². The topological polar surface area (TPSA) is 32.3 Å². The predicted octanol–water partition coefficient (Wildman–Crippen LogP) is 3.16. The van der Waals surface area contributed by atoms with E-state index in [-0.39, 0.29) is 12.1 Å². The normalized spacial score (nSPS) is 12.6. The van der Waals surface area contributed by atoms with Crippen molar-refractivity contribution in [3.05, 3.63) is 57.3 Å². The Morgan fingerprint density at radius 1 is 1.32 bits per heavy atom. The fourth-order valence-electron chi connectivity index (χ4n) is 1.79. The minimum absolute atomic E-state index is 0.0189.